The highest BCUT2D eigenvalue weighted by Gasteiger charge is 2.30. The Morgan fingerprint density at radius 3 is 2.80 bits per heavy atom. The van der Waals surface area contributed by atoms with Gasteiger partial charge in [-0.3, -0.25) is 4.79 Å². The summed E-state index contributed by atoms with van der Waals surface area (Å²) in [6.45, 7) is 3.83. The van der Waals surface area contributed by atoms with Crippen molar-refractivity contribution in [1.29, 1.82) is 0 Å². The van der Waals surface area contributed by atoms with Gasteiger partial charge in [-0.05, 0) is 57.6 Å². The predicted octanol–water partition coefficient (Wildman–Crippen LogP) is 2.20. The minimum absolute atomic E-state index is 0.175. The van der Waals surface area contributed by atoms with Crippen LogP contribution in [0.3, 0.4) is 0 Å². The topological polar surface area (TPSA) is 35.6 Å². The molecule has 0 spiro atoms. The predicted molar refractivity (Wildman–Crippen MR) is 83.3 cm³/mol. The zero-order chi connectivity index (χ0) is 14.7. The SMILES string of the molecule is CNc1ccc(C(=O)N2CCCC2CN(C)C)c(C)c1. The van der Waals surface area contributed by atoms with Crippen LogP contribution in [-0.2, 0) is 0 Å². The molecule has 1 aliphatic rings. The standard InChI is InChI=1S/C16H25N3O/c1-12-10-13(17-2)7-8-15(12)16(20)19-9-5-6-14(19)11-18(3)4/h7-8,10,14,17H,5-6,9,11H2,1-4H3. The van der Waals surface area contributed by atoms with E-state index in [9.17, 15) is 4.79 Å². The molecule has 1 heterocycles. The lowest BCUT2D eigenvalue weighted by atomic mass is 10.1. The van der Waals surface area contributed by atoms with E-state index in [0.29, 0.717) is 6.04 Å². The molecule has 0 saturated carbocycles. The summed E-state index contributed by atoms with van der Waals surface area (Å²) >= 11 is 0. The third kappa shape index (κ3) is 3.12. The van der Waals surface area contributed by atoms with Crippen LogP contribution in [0.25, 0.3) is 0 Å². The van der Waals surface area contributed by atoms with Gasteiger partial charge in [0.2, 0.25) is 0 Å². The maximum Gasteiger partial charge on any atom is 0.254 e. The van der Waals surface area contributed by atoms with Gasteiger partial charge in [0.15, 0.2) is 0 Å². The maximum atomic E-state index is 12.7. The van der Waals surface area contributed by atoms with Gasteiger partial charge in [-0.1, -0.05) is 0 Å². The van der Waals surface area contributed by atoms with Crippen molar-refractivity contribution in [2.24, 2.45) is 0 Å². The van der Waals surface area contributed by atoms with E-state index in [1.54, 1.807) is 0 Å². The van der Waals surface area contributed by atoms with Crippen LogP contribution in [-0.4, -0.2) is 56.0 Å². The molecule has 1 atom stereocenters. The third-order valence-corrected chi connectivity index (χ3v) is 3.96. The number of carbonyl (C=O) groups excluding carboxylic acids is 1. The minimum Gasteiger partial charge on any atom is -0.388 e. The number of amides is 1. The van der Waals surface area contributed by atoms with E-state index in [4.69, 9.17) is 0 Å². The molecule has 4 nitrogen and oxygen atoms in total. The summed E-state index contributed by atoms with van der Waals surface area (Å²) in [6.07, 6.45) is 2.22. The molecule has 1 unspecified atom stereocenters. The molecule has 0 radical (unpaired) electrons. The quantitative estimate of drug-likeness (QED) is 0.915. The molecule has 1 amide bonds. The van der Waals surface area contributed by atoms with Gasteiger partial charge in [-0.2, -0.15) is 0 Å². The van der Waals surface area contributed by atoms with Gasteiger partial charge in [-0.25, -0.2) is 0 Å². The van der Waals surface area contributed by atoms with Crippen LogP contribution < -0.4 is 5.32 Å². The highest BCUT2D eigenvalue weighted by molar-refractivity contribution is 5.96. The first-order chi connectivity index (χ1) is 9.52. The fourth-order valence-electron chi connectivity index (χ4n) is 2.93. The molecule has 0 aliphatic carbocycles. The number of hydrogen-bond acceptors (Lipinski definition) is 3. The molecule has 1 saturated heterocycles. The Kier molecular flexibility index (Phi) is 4.65. The average Bonchev–Trinajstić information content (AvgIpc) is 2.85. The van der Waals surface area contributed by atoms with Gasteiger partial charge >= 0.3 is 0 Å². The Hall–Kier alpha value is -1.55. The number of nitrogens with zero attached hydrogens (tertiary/aromatic N) is 2. The summed E-state index contributed by atoms with van der Waals surface area (Å²) in [5.41, 5.74) is 2.91. The van der Waals surface area contributed by atoms with E-state index in [1.165, 1.54) is 0 Å². The van der Waals surface area contributed by atoms with E-state index in [1.807, 2.05) is 37.1 Å². The summed E-state index contributed by atoms with van der Waals surface area (Å²) in [5.74, 6) is 0.175. The van der Waals surface area contributed by atoms with Gasteiger partial charge in [0, 0.05) is 37.4 Å². The fourth-order valence-corrected chi connectivity index (χ4v) is 2.93. The van der Waals surface area contributed by atoms with Crippen molar-refractivity contribution in [2.45, 2.75) is 25.8 Å². The van der Waals surface area contributed by atoms with Gasteiger partial charge in [0.1, 0.15) is 0 Å². The van der Waals surface area contributed by atoms with Crippen molar-refractivity contribution in [3.05, 3.63) is 29.3 Å². The van der Waals surface area contributed by atoms with Crippen molar-refractivity contribution >= 4 is 11.6 Å². The Labute approximate surface area is 121 Å². The number of aryl methyl sites for hydroxylation is 1. The molecule has 0 bridgehead atoms. The lowest BCUT2D eigenvalue weighted by Gasteiger charge is -2.27. The number of likely N-dealkylation sites (tertiary alicyclic amines) is 1. The second kappa shape index (κ2) is 6.27. The van der Waals surface area contributed by atoms with Crippen LogP contribution in [0.5, 0.6) is 0 Å². The Morgan fingerprint density at radius 2 is 2.20 bits per heavy atom. The first-order valence-corrected chi connectivity index (χ1v) is 7.27. The van der Waals surface area contributed by atoms with Crippen molar-refractivity contribution < 1.29 is 4.79 Å². The zero-order valence-electron chi connectivity index (χ0n) is 12.9. The molecule has 0 aromatic heterocycles. The van der Waals surface area contributed by atoms with E-state index in [-0.39, 0.29) is 5.91 Å². The summed E-state index contributed by atoms with van der Waals surface area (Å²) in [4.78, 5) is 16.9. The number of likely N-dealkylation sites (N-methyl/N-ethyl adjacent to an activating group) is 1. The van der Waals surface area contributed by atoms with Gasteiger partial charge in [0.05, 0.1) is 0 Å². The van der Waals surface area contributed by atoms with Crippen molar-refractivity contribution in [2.75, 3.05) is 39.5 Å². The van der Waals surface area contributed by atoms with Gasteiger partial charge in [0.25, 0.3) is 5.91 Å². The second-order valence-electron chi connectivity index (χ2n) is 5.84. The summed E-state index contributed by atoms with van der Waals surface area (Å²) in [5, 5.41) is 3.11. The van der Waals surface area contributed by atoms with E-state index in [0.717, 1.165) is 42.7 Å². The van der Waals surface area contributed by atoms with Gasteiger partial charge in [-0.15, -0.1) is 0 Å². The van der Waals surface area contributed by atoms with Crippen LogP contribution >= 0.6 is 0 Å². The molecule has 1 aromatic carbocycles. The van der Waals surface area contributed by atoms with Crippen LogP contribution in [0.15, 0.2) is 18.2 Å². The van der Waals surface area contributed by atoms with Crippen molar-refractivity contribution in [1.82, 2.24) is 9.80 Å². The zero-order valence-corrected chi connectivity index (χ0v) is 12.9. The van der Waals surface area contributed by atoms with Crippen molar-refractivity contribution in [3.63, 3.8) is 0 Å². The lowest BCUT2D eigenvalue weighted by Crippen LogP contribution is -2.41. The number of rotatable bonds is 4. The second-order valence-corrected chi connectivity index (χ2v) is 5.84. The molecule has 1 fully saturated rings. The van der Waals surface area contributed by atoms with E-state index in [2.05, 4.69) is 24.3 Å². The Morgan fingerprint density at radius 1 is 1.45 bits per heavy atom. The molecular weight excluding hydrogens is 250 g/mol. The Balaban J connectivity index is 2.18. The van der Waals surface area contributed by atoms with Crippen LogP contribution in [0, 0.1) is 6.92 Å². The first kappa shape index (κ1) is 14.9. The number of anilines is 1. The van der Waals surface area contributed by atoms with E-state index < -0.39 is 0 Å². The normalized spacial score (nSPS) is 18.6. The molecule has 1 aromatic rings. The van der Waals surface area contributed by atoms with E-state index >= 15 is 0 Å². The first-order valence-electron chi connectivity index (χ1n) is 7.27. The van der Waals surface area contributed by atoms with Crippen molar-refractivity contribution in [3.8, 4) is 0 Å². The average molecular weight is 275 g/mol. The lowest BCUT2D eigenvalue weighted by molar-refractivity contribution is 0.0716. The van der Waals surface area contributed by atoms with Crippen LogP contribution in [0.1, 0.15) is 28.8 Å². The largest absolute Gasteiger partial charge is 0.388 e. The molecular formula is C16H25N3O. The van der Waals surface area contributed by atoms with Crippen LogP contribution in [0.2, 0.25) is 0 Å². The van der Waals surface area contributed by atoms with Gasteiger partial charge < -0.3 is 15.1 Å². The summed E-state index contributed by atoms with van der Waals surface area (Å²) in [7, 11) is 6.02. The molecule has 20 heavy (non-hydrogen) atoms. The monoisotopic (exact) mass is 275 g/mol. The highest BCUT2D eigenvalue weighted by atomic mass is 16.2. The Bertz CT molecular complexity index is 485. The molecule has 110 valence electrons. The number of carbonyl (C=O) groups is 1. The van der Waals surface area contributed by atoms with Crippen LogP contribution in [0.4, 0.5) is 5.69 Å². The number of nitrogens with one attached hydrogen (secondary N) is 1. The summed E-state index contributed by atoms with van der Waals surface area (Å²) in [6, 6.07) is 6.29. The fraction of sp³-hybridized carbons (Fsp3) is 0.562. The highest BCUT2D eigenvalue weighted by Crippen LogP contribution is 2.23. The number of benzene rings is 1. The molecule has 1 N–H and O–H groups in total. The number of hydrogen-bond donors (Lipinski definition) is 1. The molecule has 4 heteroatoms. The molecule has 2 rings (SSSR count). The maximum absolute atomic E-state index is 12.7. The minimum atomic E-state index is 0.175. The third-order valence-electron chi connectivity index (χ3n) is 3.96. The molecule has 1 aliphatic heterocycles. The summed E-state index contributed by atoms with van der Waals surface area (Å²) < 4.78 is 0. The smallest absolute Gasteiger partial charge is 0.254 e.